The highest BCUT2D eigenvalue weighted by Crippen LogP contribution is 2.45. The first kappa shape index (κ1) is 92.1. The molecule has 0 saturated carbocycles. The topological polar surface area (TPSA) is 237 Å². The molecular weight excluding hydrogens is 1230 g/mol. The van der Waals surface area contributed by atoms with Crippen molar-refractivity contribution < 1.29 is 80.2 Å². The summed E-state index contributed by atoms with van der Waals surface area (Å²) in [6.45, 7) is 14.1. The summed E-state index contributed by atoms with van der Waals surface area (Å²) in [6, 6.07) is 0. The van der Waals surface area contributed by atoms with Crippen LogP contribution in [0.5, 0.6) is 0 Å². The lowest BCUT2D eigenvalue weighted by molar-refractivity contribution is -0.161. The first-order valence-corrected chi connectivity index (χ1v) is 41.7. The number of aliphatic hydroxyl groups is 1. The lowest BCUT2D eigenvalue weighted by Gasteiger charge is -2.21. The maximum Gasteiger partial charge on any atom is 0.472 e. The number of phosphoric acid groups is 2. The molecule has 4 unspecified atom stereocenters. The first-order chi connectivity index (χ1) is 45.1. The molecule has 0 spiro atoms. The van der Waals surface area contributed by atoms with E-state index < -0.39 is 97.5 Å². The molecule has 0 aromatic heterocycles. The molecule has 0 aliphatic rings. The van der Waals surface area contributed by atoms with Gasteiger partial charge in [0.15, 0.2) is 12.2 Å². The number of hydrogen-bond acceptors (Lipinski definition) is 15. The van der Waals surface area contributed by atoms with Gasteiger partial charge in [-0.25, -0.2) is 9.13 Å². The molecule has 0 saturated heterocycles. The summed E-state index contributed by atoms with van der Waals surface area (Å²) in [7, 11) is -9.91. The average molecular weight is 1380 g/mol. The molecule has 3 N–H and O–H groups in total. The van der Waals surface area contributed by atoms with Crippen LogP contribution in [0, 0.1) is 23.7 Å². The van der Waals surface area contributed by atoms with Crippen LogP contribution in [-0.4, -0.2) is 96.7 Å². The summed E-state index contributed by atoms with van der Waals surface area (Å²) in [5, 5.41) is 10.6. The molecule has 0 fully saturated rings. The molecule has 17 nitrogen and oxygen atoms in total. The zero-order valence-corrected chi connectivity index (χ0v) is 63.4. The van der Waals surface area contributed by atoms with Crippen molar-refractivity contribution >= 4 is 39.5 Å². The third-order valence-corrected chi connectivity index (χ3v) is 19.6. The van der Waals surface area contributed by atoms with E-state index in [9.17, 15) is 43.2 Å². The molecule has 558 valence electrons. The van der Waals surface area contributed by atoms with Gasteiger partial charge in [-0.3, -0.25) is 37.3 Å². The molecule has 0 aliphatic heterocycles. The van der Waals surface area contributed by atoms with Crippen molar-refractivity contribution in [2.75, 3.05) is 39.6 Å². The van der Waals surface area contributed by atoms with E-state index in [4.69, 9.17) is 37.0 Å². The number of carbonyl (C=O) groups is 4. The van der Waals surface area contributed by atoms with E-state index in [1.54, 1.807) is 0 Å². The highest BCUT2D eigenvalue weighted by atomic mass is 31.2. The molecular formula is C75H146O17P2. The molecule has 19 heteroatoms. The van der Waals surface area contributed by atoms with Gasteiger partial charge in [-0.2, -0.15) is 0 Å². The van der Waals surface area contributed by atoms with Gasteiger partial charge in [0, 0.05) is 25.7 Å². The van der Waals surface area contributed by atoms with Crippen LogP contribution in [0.4, 0.5) is 0 Å². The molecule has 0 rings (SSSR count). The second kappa shape index (κ2) is 64.4. The number of esters is 4. The minimum Gasteiger partial charge on any atom is -0.462 e. The van der Waals surface area contributed by atoms with E-state index in [0.717, 1.165) is 114 Å². The number of carbonyl (C=O) groups excluding carboxylic acids is 4. The van der Waals surface area contributed by atoms with Crippen molar-refractivity contribution in [3.63, 3.8) is 0 Å². The van der Waals surface area contributed by atoms with Gasteiger partial charge in [0.05, 0.1) is 26.4 Å². The lowest BCUT2D eigenvalue weighted by Crippen LogP contribution is -2.30. The summed E-state index contributed by atoms with van der Waals surface area (Å²) < 4.78 is 68.4. The second-order valence-corrected chi connectivity index (χ2v) is 31.6. The number of aliphatic hydroxyl groups excluding tert-OH is 1. The van der Waals surface area contributed by atoms with Crippen LogP contribution >= 0.6 is 15.6 Å². The molecule has 0 aliphatic carbocycles. The van der Waals surface area contributed by atoms with Gasteiger partial charge >= 0.3 is 39.5 Å². The zero-order valence-electron chi connectivity index (χ0n) is 61.6. The Morgan fingerprint density at radius 2 is 0.511 bits per heavy atom. The Bertz CT molecular complexity index is 1850. The fraction of sp³-hybridized carbons (Fsp3) is 0.947. The predicted molar refractivity (Wildman–Crippen MR) is 381 cm³/mol. The second-order valence-electron chi connectivity index (χ2n) is 28.7. The van der Waals surface area contributed by atoms with E-state index in [1.165, 1.54) is 173 Å². The van der Waals surface area contributed by atoms with Crippen molar-refractivity contribution in [1.82, 2.24) is 0 Å². The summed E-state index contributed by atoms with van der Waals surface area (Å²) in [5.41, 5.74) is 0. The van der Waals surface area contributed by atoms with E-state index in [-0.39, 0.29) is 25.7 Å². The van der Waals surface area contributed by atoms with Gasteiger partial charge in [-0.05, 0) is 49.4 Å². The summed E-state index contributed by atoms with van der Waals surface area (Å²) >= 11 is 0. The lowest BCUT2D eigenvalue weighted by atomic mass is 10.00. The Hall–Kier alpha value is -1.94. The van der Waals surface area contributed by atoms with Crippen molar-refractivity contribution in [2.45, 2.75) is 395 Å². The summed E-state index contributed by atoms with van der Waals surface area (Å²) in [5.74, 6) is 0.892. The number of phosphoric ester groups is 2. The van der Waals surface area contributed by atoms with Crippen LogP contribution in [0.25, 0.3) is 0 Å². The maximum atomic E-state index is 13.1. The van der Waals surface area contributed by atoms with Gasteiger partial charge in [0.1, 0.15) is 19.3 Å². The Kier molecular flexibility index (Phi) is 63.1. The Balaban J connectivity index is 5.23. The van der Waals surface area contributed by atoms with Gasteiger partial charge in [0.2, 0.25) is 0 Å². The Morgan fingerprint density at radius 1 is 0.298 bits per heavy atom. The SMILES string of the molecule is CCC(C)CCCCCCCCC(=O)O[C@H](COC(=O)CCCCCCCCCC(C)C)COP(=O)(O)OCC(O)COP(=O)(O)OC[C@@H](COC(=O)CCCCCCCCCCCCCCCCCC(C)C)OC(=O)CCCCCCCCCCCCCCCC(C)C. The molecule has 94 heavy (non-hydrogen) atoms. The van der Waals surface area contributed by atoms with Crippen LogP contribution in [0.2, 0.25) is 0 Å². The number of unbranched alkanes of at least 4 members (excludes halogenated alkanes) is 37. The third kappa shape index (κ3) is 67.3. The zero-order chi connectivity index (χ0) is 69.6. The number of hydrogen-bond donors (Lipinski definition) is 3. The third-order valence-electron chi connectivity index (χ3n) is 17.7. The standard InChI is InChI=1S/C75H146O17P2/c1-9-68(8)54-46-38-33-34-42-50-58-75(80)92-71(62-86-73(78)56-48-40-32-26-29-37-45-53-67(6)7)64-90-94(83,84)88-60-69(76)59-87-93(81,82)89-63-70(91-74(79)57-49-41-31-25-21-17-13-15-19-23-28-36-44-52-66(4)5)61-85-72(77)55-47-39-30-24-20-16-12-10-11-14-18-22-27-35-43-51-65(2)3/h65-71,76H,9-64H2,1-8H3,(H,81,82)(H,83,84)/t68?,69?,70-,71-/m1/s1. The van der Waals surface area contributed by atoms with Crippen LogP contribution in [0.1, 0.15) is 376 Å². The van der Waals surface area contributed by atoms with Gasteiger partial charge in [0.25, 0.3) is 0 Å². The minimum atomic E-state index is -4.96. The van der Waals surface area contributed by atoms with E-state index in [0.29, 0.717) is 31.6 Å². The number of ether oxygens (including phenoxy) is 4. The molecule has 0 heterocycles. The smallest absolute Gasteiger partial charge is 0.462 e. The molecule has 0 bridgehead atoms. The monoisotopic (exact) mass is 1380 g/mol. The summed E-state index contributed by atoms with van der Waals surface area (Å²) in [6.07, 6.45) is 48.7. The van der Waals surface area contributed by atoms with Crippen LogP contribution in [0.3, 0.4) is 0 Å². The van der Waals surface area contributed by atoms with E-state index in [2.05, 4.69) is 55.4 Å². The maximum absolute atomic E-state index is 13.1. The van der Waals surface area contributed by atoms with Crippen molar-refractivity contribution in [1.29, 1.82) is 0 Å². The quantitative estimate of drug-likeness (QED) is 0.0222. The fourth-order valence-electron chi connectivity index (χ4n) is 11.3. The van der Waals surface area contributed by atoms with Gasteiger partial charge in [-0.15, -0.1) is 0 Å². The van der Waals surface area contributed by atoms with E-state index in [1.807, 2.05) is 0 Å². The molecule has 0 radical (unpaired) electrons. The molecule has 0 aromatic rings. The van der Waals surface area contributed by atoms with Gasteiger partial charge < -0.3 is 33.8 Å². The number of rotatable bonds is 72. The molecule has 0 aromatic carbocycles. The fourth-order valence-corrected chi connectivity index (χ4v) is 12.9. The minimum absolute atomic E-state index is 0.102. The van der Waals surface area contributed by atoms with Crippen LogP contribution in [-0.2, 0) is 65.4 Å². The predicted octanol–water partition coefficient (Wildman–Crippen LogP) is 21.7. The van der Waals surface area contributed by atoms with Crippen LogP contribution < -0.4 is 0 Å². The van der Waals surface area contributed by atoms with Gasteiger partial charge in [-0.1, -0.05) is 325 Å². The van der Waals surface area contributed by atoms with Crippen LogP contribution in [0.15, 0.2) is 0 Å². The molecule has 0 amide bonds. The summed E-state index contributed by atoms with van der Waals surface area (Å²) in [4.78, 5) is 72.7. The Morgan fingerprint density at radius 3 is 0.755 bits per heavy atom. The van der Waals surface area contributed by atoms with Crippen molar-refractivity contribution in [3.8, 4) is 0 Å². The average Bonchev–Trinajstić information content (AvgIpc) is 1.67. The first-order valence-electron chi connectivity index (χ1n) is 38.7. The van der Waals surface area contributed by atoms with Crippen molar-refractivity contribution in [2.24, 2.45) is 23.7 Å². The Labute approximate surface area is 575 Å². The highest BCUT2D eigenvalue weighted by Gasteiger charge is 2.30. The molecule has 6 atom stereocenters. The van der Waals surface area contributed by atoms with Crippen molar-refractivity contribution in [3.05, 3.63) is 0 Å². The normalized spacial score (nSPS) is 14.4. The largest absolute Gasteiger partial charge is 0.472 e. The highest BCUT2D eigenvalue weighted by molar-refractivity contribution is 7.47. The van der Waals surface area contributed by atoms with E-state index >= 15 is 0 Å².